The molecule has 1 atom stereocenters. The summed E-state index contributed by atoms with van der Waals surface area (Å²) in [6.45, 7) is 8.13. The molecule has 0 spiro atoms. The smallest absolute Gasteiger partial charge is 0.0230 e. The summed E-state index contributed by atoms with van der Waals surface area (Å²) >= 11 is 0. The van der Waals surface area contributed by atoms with E-state index in [9.17, 15) is 0 Å². The van der Waals surface area contributed by atoms with Crippen LogP contribution >= 0.6 is 9.24 Å². The third-order valence-electron chi connectivity index (χ3n) is 2.02. The molecule has 0 nitrogen and oxygen atoms in total. The molecule has 1 rings (SSSR count). The third kappa shape index (κ3) is 1.95. The van der Waals surface area contributed by atoms with Crippen LogP contribution in [-0.4, -0.2) is 0 Å². The van der Waals surface area contributed by atoms with Crippen molar-refractivity contribution in [2.24, 2.45) is 0 Å². The topological polar surface area (TPSA) is 0 Å². The number of benzene rings is 1. The van der Waals surface area contributed by atoms with E-state index < -0.39 is 0 Å². The van der Waals surface area contributed by atoms with E-state index in [1.54, 1.807) is 0 Å². The van der Waals surface area contributed by atoms with Crippen LogP contribution in [0.5, 0.6) is 0 Å². The summed E-state index contributed by atoms with van der Waals surface area (Å²) in [6, 6.07) is 6.46. The maximum absolute atomic E-state index is 3.92. The van der Waals surface area contributed by atoms with Gasteiger partial charge in [-0.25, -0.2) is 0 Å². The summed E-state index contributed by atoms with van der Waals surface area (Å²) in [5, 5.41) is 1.29. The summed E-state index contributed by atoms with van der Waals surface area (Å²) in [4.78, 5) is 0. The first-order valence-electron chi connectivity index (χ1n) is 4.19. The highest BCUT2D eigenvalue weighted by Crippen LogP contribution is 2.13. The molecule has 0 fully saturated rings. The molecule has 0 aliphatic rings. The van der Waals surface area contributed by atoms with Crippen LogP contribution in [0.4, 0.5) is 0 Å². The molecular formula is C11H15P. The molecule has 0 saturated heterocycles. The average molecular weight is 178 g/mol. The SMILES string of the molecule is C=C(C)c1ccc(P)c(CC)c1. The monoisotopic (exact) mass is 178 g/mol. The lowest BCUT2D eigenvalue weighted by atomic mass is 10.0. The maximum Gasteiger partial charge on any atom is -0.0230 e. The molecule has 12 heavy (non-hydrogen) atoms. The Balaban J connectivity index is 3.13. The average Bonchev–Trinajstić information content (AvgIpc) is 2.05. The van der Waals surface area contributed by atoms with E-state index >= 15 is 0 Å². The zero-order valence-corrected chi connectivity index (χ0v) is 8.88. The second-order valence-corrected chi connectivity index (χ2v) is 3.67. The van der Waals surface area contributed by atoms with E-state index in [0.29, 0.717) is 0 Å². The molecule has 0 saturated carbocycles. The van der Waals surface area contributed by atoms with Gasteiger partial charge in [-0.15, -0.1) is 9.24 Å². The highest BCUT2D eigenvalue weighted by atomic mass is 31.0. The van der Waals surface area contributed by atoms with Gasteiger partial charge in [0.2, 0.25) is 0 Å². The lowest BCUT2D eigenvalue weighted by Crippen LogP contribution is -2.00. The molecule has 0 heterocycles. The summed E-state index contributed by atoms with van der Waals surface area (Å²) < 4.78 is 0. The van der Waals surface area contributed by atoms with Gasteiger partial charge in [0.25, 0.3) is 0 Å². The summed E-state index contributed by atoms with van der Waals surface area (Å²) in [5.41, 5.74) is 3.77. The fourth-order valence-corrected chi connectivity index (χ4v) is 1.56. The standard InChI is InChI=1S/C11H15P/c1-4-9-7-10(8(2)3)5-6-11(9)12/h5-7H,2,4,12H2,1,3H3. The fraction of sp³-hybridized carbons (Fsp3) is 0.273. The number of hydrogen-bond acceptors (Lipinski definition) is 0. The molecular weight excluding hydrogens is 163 g/mol. The van der Waals surface area contributed by atoms with Crippen molar-refractivity contribution in [2.45, 2.75) is 20.3 Å². The van der Waals surface area contributed by atoms with Crippen molar-refractivity contribution in [3.63, 3.8) is 0 Å². The predicted molar refractivity (Wildman–Crippen MR) is 59.9 cm³/mol. The van der Waals surface area contributed by atoms with Gasteiger partial charge in [-0.2, -0.15) is 0 Å². The summed E-state index contributed by atoms with van der Waals surface area (Å²) in [5.74, 6) is 0. The minimum absolute atomic E-state index is 1.08. The Morgan fingerprint density at radius 2 is 2.17 bits per heavy atom. The number of aryl methyl sites for hydroxylation is 1. The second-order valence-electron chi connectivity index (χ2n) is 3.05. The van der Waals surface area contributed by atoms with Crippen molar-refractivity contribution >= 4 is 20.1 Å². The van der Waals surface area contributed by atoms with E-state index in [1.807, 2.05) is 6.92 Å². The van der Waals surface area contributed by atoms with Crippen LogP contribution < -0.4 is 5.30 Å². The maximum atomic E-state index is 3.92. The highest BCUT2D eigenvalue weighted by molar-refractivity contribution is 7.27. The van der Waals surface area contributed by atoms with E-state index in [1.165, 1.54) is 16.4 Å². The lowest BCUT2D eigenvalue weighted by Gasteiger charge is -2.05. The molecule has 1 unspecified atom stereocenters. The zero-order chi connectivity index (χ0) is 9.14. The van der Waals surface area contributed by atoms with Crippen LogP contribution in [0.2, 0.25) is 0 Å². The van der Waals surface area contributed by atoms with Crippen LogP contribution in [0.1, 0.15) is 25.0 Å². The van der Waals surface area contributed by atoms with Gasteiger partial charge in [0, 0.05) is 0 Å². The van der Waals surface area contributed by atoms with E-state index in [-0.39, 0.29) is 0 Å². The zero-order valence-electron chi connectivity index (χ0n) is 7.72. The van der Waals surface area contributed by atoms with Crippen molar-refractivity contribution in [1.82, 2.24) is 0 Å². The van der Waals surface area contributed by atoms with Crippen molar-refractivity contribution in [1.29, 1.82) is 0 Å². The summed E-state index contributed by atoms with van der Waals surface area (Å²) in [7, 11) is 2.76. The molecule has 0 amide bonds. The van der Waals surface area contributed by atoms with Crippen LogP contribution in [0.15, 0.2) is 24.8 Å². The van der Waals surface area contributed by atoms with Crippen LogP contribution in [0.3, 0.4) is 0 Å². The third-order valence-corrected chi connectivity index (χ3v) is 2.58. The van der Waals surface area contributed by atoms with Gasteiger partial charge in [-0.3, -0.25) is 0 Å². The molecule has 0 N–H and O–H groups in total. The first kappa shape index (κ1) is 9.48. The number of allylic oxidation sites excluding steroid dienone is 1. The van der Waals surface area contributed by atoms with Crippen LogP contribution in [0, 0.1) is 0 Å². The Morgan fingerprint density at radius 1 is 1.50 bits per heavy atom. The first-order chi connectivity index (χ1) is 5.65. The van der Waals surface area contributed by atoms with E-state index in [0.717, 1.165) is 12.0 Å². The number of hydrogen-bond donors (Lipinski definition) is 0. The van der Waals surface area contributed by atoms with Gasteiger partial charge in [-0.05, 0) is 29.8 Å². The van der Waals surface area contributed by atoms with Crippen LogP contribution in [0.25, 0.3) is 5.57 Å². The summed E-state index contributed by atoms with van der Waals surface area (Å²) in [6.07, 6.45) is 1.08. The Bertz CT molecular complexity index is 300. The lowest BCUT2D eigenvalue weighted by molar-refractivity contribution is 1.15. The molecule has 0 aromatic heterocycles. The van der Waals surface area contributed by atoms with Gasteiger partial charge < -0.3 is 0 Å². The Hall–Kier alpha value is -0.610. The van der Waals surface area contributed by atoms with E-state index in [2.05, 4.69) is 40.9 Å². The molecule has 0 radical (unpaired) electrons. The Kier molecular flexibility index (Phi) is 3.05. The molecule has 0 aliphatic heterocycles. The number of rotatable bonds is 2. The quantitative estimate of drug-likeness (QED) is 0.611. The van der Waals surface area contributed by atoms with Crippen molar-refractivity contribution in [3.05, 3.63) is 35.9 Å². The largest absolute Gasteiger partial charge is 0.105 e. The van der Waals surface area contributed by atoms with Gasteiger partial charge in [0.1, 0.15) is 0 Å². The highest BCUT2D eigenvalue weighted by Gasteiger charge is 1.98. The van der Waals surface area contributed by atoms with Gasteiger partial charge >= 0.3 is 0 Å². The van der Waals surface area contributed by atoms with Gasteiger partial charge in [0.05, 0.1) is 0 Å². The van der Waals surface area contributed by atoms with Crippen LogP contribution in [-0.2, 0) is 6.42 Å². The Labute approximate surface area is 76.9 Å². The van der Waals surface area contributed by atoms with Gasteiger partial charge in [0.15, 0.2) is 0 Å². The van der Waals surface area contributed by atoms with Crippen molar-refractivity contribution in [2.75, 3.05) is 0 Å². The minimum atomic E-state index is 1.08. The molecule has 1 aromatic carbocycles. The van der Waals surface area contributed by atoms with Crippen molar-refractivity contribution in [3.8, 4) is 0 Å². The minimum Gasteiger partial charge on any atom is -0.105 e. The molecule has 1 heteroatoms. The predicted octanol–water partition coefficient (Wildman–Crippen LogP) is 2.78. The fourth-order valence-electron chi connectivity index (χ4n) is 1.18. The van der Waals surface area contributed by atoms with E-state index in [4.69, 9.17) is 0 Å². The first-order valence-corrected chi connectivity index (χ1v) is 4.77. The molecule has 0 aliphatic carbocycles. The van der Waals surface area contributed by atoms with Gasteiger partial charge in [-0.1, -0.05) is 37.3 Å². The van der Waals surface area contributed by atoms with Crippen molar-refractivity contribution < 1.29 is 0 Å². The molecule has 64 valence electrons. The Morgan fingerprint density at radius 3 is 2.67 bits per heavy atom. The molecule has 1 aromatic rings. The second kappa shape index (κ2) is 3.87. The normalized spacial score (nSPS) is 9.92. The molecule has 0 bridgehead atoms.